The lowest BCUT2D eigenvalue weighted by atomic mass is 9.61. The van der Waals surface area contributed by atoms with Crippen LogP contribution in [0.2, 0.25) is 0 Å². The van der Waals surface area contributed by atoms with Gasteiger partial charge in [-0.2, -0.15) is 0 Å². The molecule has 0 aromatic heterocycles. The molecule has 3 nitrogen and oxygen atoms in total. The van der Waals surface area contributed by atoms with E-state index in [2.05, 4.69) is 27.7 Å². The maximum absolute atomic E-state index is 9.45. The van der Waals surface area contributed by atoms with Gasteiger partial charge >= 0.3 is 7.12 Å². The first-order valence-electron chi connectivity index (χ1n) is 6.78. The molecule has 2 rings (SSSR count). The van der Waals surface area contributed by atoms with Crippen molar-refractivity contribution < 1.29 is 14.8 Å². The summed E-state index contributed by atoms with van der Waals surface area (Å²) in [5.41, 5.74) is 2.96. The highest BCUT2D eigenvalue weighted by Crippen LogP contribution is 2.48. The van der Waals surface area contributed by atoms with E-state index < -0.39 is 7.12 Å². The molecule has 0 aliphatic heterocycles. The number of ether oxygens (including phenoxy) is 1. The van der Waals surface area contributed by atoms with Crippen LogP contribution in [0.5, 0.6) is 5.75 Å². The summed E-state index contributed by atoms with van der Waals surface area (Å²) in [7, 11) is 0.181. The van der Waals surface area contributed by atoms with Crippen molar-refractivity contribution in [3.05, 3.63) is 23.3 Å². The highest BCUT2D eigenvalue weighted by molar-refractivity contribution is 6.58. The van der Waals surface area contributed by atoms with Gasteiger partial charge in [-0.15, -0.1) is 0 Å². The van der Waals surface area contributed by atoms with E-state index >= 15 is 0 Å². The van der Waals surface area contributed by atoms with Crippen molar-refractivity contribution in [2.75, 3.05) is 7.11 Å². The van der Waals surface area contributed by atoms with Gasteiger partial charge in [0, 0.05) is 5.56 Å². The third-order valence-electron chi connectivity index (χ3n) is 4.42. The molecule has 0 unspecified atom stereocenters. The van der Waals surface area contributed by atoms with Crippen molar-refractivity contribution in [3.8, 4) is 5.75 Å². The molecule has 2 N–H and O–H groups in total. The molecular formula is C15H23BO3. The van der Waals surface area contributed by atoms with Crippen LogP contribution in [0.15, 0.2) is 12.1 Å². The van der Waals surface area contributed by atoms with Crippen molar-refractivity contribution in [2.24, 2.45) is 0 Å². The molecule has 104 valence electrons. The number of rotatable bonds is 2. The third kappa shape index (κ3) is 2.39. The SMILES string of the molecule is COc1cc(B(O)O)cc2c1C(C)(C)CCC2(C)C. The maximum atomic E-state index is 9.45. The lowest BCUT2D eigenvalue weighted by Gasteiger charge is -2.42. The van der Waals surface area contributed by atoms with Crippen LogP contribution in [0.25, 0.3) is 0 Å². The molecule has 0 radical (unpaired) electrons. The molecule has 0 atom stereocenters. The van der Waals surface area contributed by atoms with E-state index in [0.29, 0.717) is 5.46 Å². The van der Waals surface area contributed by atoms with Crippen LogP contribution in [0.3, 0.4) is 0 Å². The van der Waals surface area contributed by atoms with E-state index in [1.165, 1.54) is 11.1 Å². The second-order valence-corrected chi connectivity index (χ2v) is 6.79. The Labute approximate surface area is 115 Å². The van der Waals surface area contributed by atoms with Gasteiger partial charge in [-0.1, -0.05) is 33.8 Å². The molecule has 0 spiro atoms. The number of hydrogen-bond acceptors (Lipinski definition) is 3. The van der Waals surface area contributed by atoms with Gasteiger partial charge in [-0.05, 0) is 40.8 Å². The van der Waals surface area contributed by atoms with Crippen molar-refractivity contribution in [1.29, 1.82) is 0 Å². The minimum Gasteiger partial charge on any atom is -0.496 e. The van der Waals surface area contributed by atoms with Crippen LogP contribution in [-0.2, 0) is 10.8 Å². The van der Waals surface area contributed by atoms with E-state index in [4.69, 9.17) is 4.74 Å². The van der Waals surface area contributed by atoms with Gasteiger partial charge in [0.05, 0.1) is 7.11 Å². The van der Waals surface area contributed by atoms with Crippen molar-refractivity contribution >= 4 is 12.6 Å². The number of fused-ring (bicyclic) bond motifs is 1. The summed E-state index contributed by atoms with van der Waals surface area (Å²) >= 11 is 0. The Bertz CT molecular complexity index is 492. The first-order chi connectivity index (χ1) is 8.69. The summed E-state index contributed by atoms with van der Waals surface area (Å²) < 4.78 is 5.51. The fraction of sp³-hybridized carbons (Fsp3) is 0.600. The zero-order valence-electron chi connectivity index (χ0n) is 12.4. The fourth-order valence-electron chi connectivity index (χ4n) is 3.06. The van der Waals surface area contributed by atoms with Crippen LogP contribution in [0.1, 0.15) is 51.7 Å². The van der Waals surface area contributed by atoms with Gasteiger partial charge in [0.1, 0.15) is 5.75 Å². The van der Waals surface area contributed by atoms with E-state index in [1.54, 1.807) is 13.2 Å². The molecule has 0 amide bonds. The van der Waals surface area contributed by atoms with Gasteiger partial charge in [0.25, 0.3) is 0 Å². The van der Waals surface area contributed by atoms with Crippen LogP contribution in [0.4, 0.5) is 0 Å². The van der Waals surface area contributed by atoms with Crippen LogP contribution in [0, 0.1) is 0 Å². The number of hydrogen-bond donors (Lipinski definition) is 2. The minimum absolute atomic E-state index is 0.0308. The van der Waals surface area contributed by atoms with Crippen molar-refractivity contribution in [3.63, 3.8) is 0 Å². The maximum Gasteiger partial charge on any atom is 0.488 e. The van der Waals surface area contributed by atoms with Gasteiger partial charge in [-0.25, -0.2) is 0 Å². The first-order valence-corrected chi connectivity index (χ1v) is 6.78. The summed E-state index contributed by atoms with van der Waals surface area (Å²) in [6, 6.07) is 3.66. The number of benzene rings is 1. The van der Waals surface area contributed by atoms with Crippen molar-refractivity contribution in [2.45, 2.75) is 51.4 Å². The average Bonchev–Trinajstić information content (AvgIpc) is 2.33. The molecule has 1 aliphatic rings. The van der Waals surface area contributed by atoms with Crippen LogP contribution < -0.4 is 10.2 Å². The molecule has 4 heteroatoms. The topological polar surface area (TPSA) is 49.7 Å². The standard InChI is InChI=1S/C15H23BO3/c1-14(2)6-7-15(3,4)13-11(14)8-10(16(17)18)9-12(13)19-5/h8-9,17-18H,6-7H2,1-5H3. The van der Waals surface area contributed by atoms with E-state index in [-0.39, 0.29) is 10.8 Å². The number of methoxy groups -OCH3 is 1. The molecule has 0 saturated heterocycles. The zero-order valence-corrected chi connectivity index (χ0v) is 12.4. The second kappa shape index (κ2) is 4.53. The average molecular weight is 262 g/mol. The summed E-state index contributed by atoms with van der Waals surface area (Å²) in [4.78, 5) is 0. The van der Waals surface area contributed by atoms with Crippen LogP contribution >= 0.6 is 0 Å². The highest BCUT2D eigenvalue weighted by Gasteiger charge is 2.40. The lowest BCUT2D eigenvalue weighted by Crippen LogP contribution is -2.38. The smallest absolute Gasteiger partial charge is 0.488 e. The van der Waals surface area contributed by atoms with Crippen LogP contribution in [-0.4, -0.2) is 24.3 Å². The quantitative estimate of drug-likeness (QED) is 0.798. The van der Waals surface area contributed by atoms with Gasteiger partial charge in [-0.3, -0.25) is 0 Å². The summed E-state index contributed by atoms with van der Waals surface area (Å²) in [5, 5.41) is 18.9. The molecule has 0 heterocycles. The Morgan fingerprint density at radius 3 is 2.16 bits per heavy atom. The predicted molar refractivity (Wildman–Crippen MR) is 78.1 cm³/mol. The Kier molecular flexibility index (Phi) is 3.44. The van der Waals surface area contributed by atoms with E-state index in [1.807, 2.05) is 6.07 Å². The molecule has 0 fully saturated rings. The third-order valence-corrected chi connectivity index (χ3v) is 4.42. The minimum atomic E-state index is -1.46. The summed E-state index contributed by atoms with van der Waals surface area (Å²) in [6.45, 7) is 8.85. The van der Waals surface area contributed by atoms with E-state index in [9.17, 15) is 10.0 Å². The second-order valence-electron chi connectivity index (χ2n) is 6.79. The monoisotopic (exact) mass is 262 g/mol. The zero-order chi connectivity index (χ0) is 14.4. The normalized spacial score (nSPS) is 19.7. The highest BCUT2D eigenvalue weighted by atomic mass is 16.5. The molecule has 0 saturated carbocycles. The molecule has 1 aliphatic carbocycles. The van der Waals surface area contributed by atoms with Gasteiger partial charge in [0.2, 0.25) is 0 Å². The molecule has 1 aromatic carbocycles. The van der Waals surface area contributed by atoms with Gasteiger partial charge < -0.3 is 14.8 Å². The molecule has 19 heavy (non-hydrogen) atoms. The van der Waals surface area contributed by atoms with Gasteiger partial charge in [0.15, 0.2) is 0 Å². The summed E-state index contributed by atoms with van der Waals surface area (Å²) in [5.74, 6) is 0.762. The fourth-order valence-corrected chi connectivity index (χ4v) is 3.06. The van der Waals surface area contributed by atoms with E-state index in [0.717, 1.165) is 18.6 Å². The molecular weight excluding hydrogens is 239 g/mol. The van der Waals surface area contributed by atoms with Crippen molar-refractivity contribution in [1.82, 2.24) is 0 Å². The Morgan fingerprint density at radius 2 is 1.63 bits per heavy atom. The molecule has 0 bridgehead atoms. The Balaban J connectivity index is 2.74. The lowest BCUT2D eigenvalue weighted by molar-refractivity contribution is 0.312. The molecule has 1 aromatic rings. The predicted octanol–water partition coefficient (Wildman–Crippen LogP) is 1.72. The summed E-state index contributed by atoms with van der Waals surface area (Å²) in [6.07, 6.45) is 2.19. The Hall–Kier alpha value is -0.995. The first kappa shape index (κ1) is 14.4. The largest absolute Gasteiger partial charge is 0.496 e. The Morgan fingerprint density at radius 1 is 1.05 bits per heavy atom.